The van der Waals surface area contributed by atoms with Crippen molar-refractivity contribution in [2.75, 3.05) is 6.61 Å². The summed E-state index contributed by atoms with van der Waals surface area (Å²) in [6.07, 6.45) is 3.57. The van der Waals surface area contributed by atoms with Gasteiger partial charge in [0.25, 0.3) is 0 Å². The Kier molecular flexibility index (Phi) is 8.89. The topological polar surface area (TPSA) is 96.2 Å². The van der Waals surface area contributed by atoms with Crippen LogP contribution >= 0.6 is 0 Å². The Morgan fingerprint density at radius 2 is 1.95 bits per heavy atom. The van der Waals surface area contributed by atoms with E-state index in [1.54, 1.807) is 0 Å². The van der Waals surface area contributed by atoms with Crippen molar-refractivity contribution in [3.05, 3.63) is 29.6 Å². The molecule has 2 fully saturated rings. The van der Waals surface area contributed by atoms with E-state index >= 15 is 0 Å². The van der Waals surface area contributed by atoms with Gasteiger partial charge in [-0.2, -0.15) is 0 Å². The number of nitrogens with two attached hydrogens (primary N) is 2. The van der Waals surface area contributed by atoms with Crippen molar-refractivity contribution in [2.24, 2.45) is 22.7 Å². The van der Waals surface area contributed by atoms with E-state index in [-0.39, 0.29) is 30.7 Å². The minimum absolute atomic E-state index is 0.0227. The van der Waals surface area contributed by atoms with Crippen molar-refractivity contribution in [3.63, 3.8) is 0 Å². The molecular weight excluding hydrogens is 522 g/mol. The Hall–Kier alpha value is -1.20. The van der Waals surface area contributed by atoms with Crippen molar-refractivity contribution in [1.29, 1.82) is 0 Å². The number of rotatable bonds is 12. The van der Waals surface area contributed by atoms with E-state index in [4.69, 9.17) is 20.6 Å². The highest BCUT2D eigenvalue weighted by Crippen LogP contribution is 2.47. The van der Waals surface area contributed by atoms with Crippen LogP contribution in [0.4, 0.5) is 8.78 Å². The van der Waals surface area contributed by atoms with Gasteiger partial charge in [0.05, 0.1) is 26.8 Å². The normalized spacial score (nSPS) is 22.9. The minimum atomic E-state index is -2.71. The number of imidazole rings is 1. The molecule has 0 spiro atoms. The van der Waals surface area contributed by atoms with Crippen molar-refractivity contribution >= 4 is 30.1 Å². The lowest BCUT2D eigenvalue weighted by atomic mass is 9.74. The Morgan fingerprint density at radius 3 is 2.55 bits per heavy atom. The number of hydrogen-bond acceptors (Lipinski definition) is 4. The number of halogens is 2. The Balaban J connectivity index is 1.77. The number of aromatic nitrogens is 2. The zero-order chi connectivity index (χ0) is 27.9. The first kappa shape index (κ1) is 29.8. The van der Waals surface area contributed by atoms with Crippen LogP contribution in [-0.4, -0.2) is 39.1 Å². The summed E-state index contributed by atoms with van der Waals surface area (Å²) in [5.41, 5.74) is 9.34. The van der Waals surface area contributed by atoms with Gasteiger partial charge in [0.2, 0.25) is 5.92 Å². The highest BCUT2D eigenvalue weighted by Gasteiger charge is 2.43. The average Bonchev–Trinajstić information content (AvgIpc) is 3.60. The third kappa shape index (κ3) is 7.30. The molecule has 1 unspecified atom stereocenters. The second-order valence-corrected chi connectivity index (χ2v) is 20.8. The lowest BCUT2D eigenvalue weighted by molar-refractivity contribution is -0.0581. The zero-order valence-electron chi connectivity index (χ0n) is 23.6. The Labute approximate surface area is 229 Å². The van der Waals surface area contributed by atoms with Crippen molar-refractivity contribution in [1.82, 2.24) is 9.55 Å². The molecule has 0 aliphatic heterocycles. The van der Waals surface area contributed by atoms with Crippen LogP contribution in [0.5, 0.6) is 0 Å². The van der Waals surface area contributed by atoms with Gasteiger partial charge in [-0.3, -0.25) is 5.14 Å². The Morgan fingerprint density at radius 1 is 1.24 bits per heavy atom. The molecule has 0 amide bonds. The number of hydrogen-bond donors (Lipinski definition) is 2. The van der Waals surface area contributed by atoms with E-state index in [9.17, 15) is 13.0 Å². The molecule has 1 heterocycles. The molecule has 0 saturated heterocycles. The monoisotopic (exact) mass is 568 g/mol. The summed E-state index contributed by atoms with van der Waals surface area (Å²) in [5, 5.41) is 5.88. The fourth-order valence-electron chi connectivity index (χ4n) is 5.68. The molecule has 6 nitrogen and oxygen atoms in total. The lowest BCUT2D eigenvalue weighted by Gasteiger charge is -2.37. The molecular formula is C28H46F2N4O2SSi. The van der Waals surface area contributed by atoms with Crippen molar-refractivity contribution < 1.29 is 17.7 Å². The molecule has 10 heteroatoms. The SMILES string of the molecule is CC(C)(C[C@H](c1nc2ccc([C@H](N)C3CC3)cc2n1COCC[Si](C)(C)C)[C@H]1CCCC(F)(F)C1)S(N)=O. The summed E-state index contributed by atoms with van der Waals surface area (Å²) in [6.45, 7) is 11.6. The van der Waals surface area contributed by atoms with E-state index in [1.807, 2.05) is 26.0 Å². The Bertz CT molecular complexity index is 1150. The molecule has 4 atom stereocenters. The molecule has 0 radical (unpaired) electrons. The van der Waals surface area contributed by atoms with E-state index in [0.717, 1.165) is 41.3 Å². The number of alkyl halides is 2. The standard InChI is InChI=1S/C28H46F2N4O2SSi/c1-27(2,37(32)35)17-22(21-7-6-12-28(29,30)16-21)26-33-23-11-10-20(25(31)19-8-9-19)15-24(23)34(26)18-36-13-14-38(3,4)5/h10-11,15,19,21-22,25H,6-9,12-14,16-18,31-32H2,1-5H3/t21-,22-,25+,37?/m0/s1. The number of nitrogens with zero attached hydrogens (tertiary/aromatic N) is 2. The molecule has 2 aromatic rings. The minimum Gasteiger partial charge on any atom is -0.361 e. The first-order chi connectivity index (χ1) is 17.7. The van der Waals surface area contributed by atoms with Gasteiger partial charge >= 0.3 is 0 Å². The molecule has 214 valence electrons. The third-order valence-corrected chi connectivity index (χ3v) is 11.3. The largest absolute Gasteiger partial charge is 0.361 e. The maximum atomic E-state index is 14.7. The van der Waals surface area contributed by atoms with Crippen LogP contribution in [0.2, 0.25) is 25.7 Å². The third-order valence-electron chi connectivity index (χ3n) is 8.37. The first-order valence-electron chi connectivity index (χ1n) is 14.0. The summed E-state index contributed by atoms with van der Waals surface area (Å²) < 4.78 is 49.3. The van der Waals surface area contributed by atoms with Crippen LogP contribution in [0, 0.1) is 11.8 Å². The predicted molar refractivity (Wildman–Crippen MR) is 154 cm³/mol. The van der Waals surface area contributed by atoms with Crippen LogP contribution in [0.3, 0.4) is 0 Å². The first-order valence-corrected chi connectivity index (χ1v) is 19.0. The molecule has 1 aromatic heterocycles. The van der Waals surface area contributed by atoms with Gasteiger partial charge in [-0.15, -0.1) is 0 Å². The van der Waals surface area contributed by atoms with Crippen LogP contribution < -0.4 is 10.9 Å². The van der Waals surface area contributed by atoms with Crippen molar-refractivity contribution in [3.8, 4) is 0 Å². The zero-order valence-corrected chi connectivity index (χ0v) is 25.5. The fourth-order valence-corrected chi connectivity index (χ4v) is 6.78. The fraction of sp³-hybridized carbons (Fsp3) is 0.750. The van der Waals surface area contributed by atoms with Crippen LogP contribution in [0.25, 0.3) is 11.0 Å². The maximum Gasteiger partial charge on any atom is 0.248 e. The van der Waals surface area contributed by atoms with Gasteiger partial charge in [-0.1, -0.05) is 25.7 Å². The lowest BCUT2D eigenvalue weighted by Crippen LogP contribution is -2.38. The molecule has 4 N–H and O–H groups in total. The van der Waals surface area contributed by atoms with Gasteiger partial charge < -0.3 is 15.0 Å². The van der Waals surface area contributed by atoms with Crippen LogP contribution in [0.15, 0.2) is 18.2 Å². The summed E-state index contributed by atoms with van der Waals surface area (Å²) in [6, 6.07) is 7.15. The smallest absolute Gasteiger partial charge is 0.248 e. The average molecular weight is 569 g/mol. The van der Waals surface area contributed by atoms with E-state index < -0.39 is 29.7 Å². The highest BCUT2D eigenvalue weighted by atomic mass is 32.2. The summed E-state index contributed by atoms with van der Waals surface area (Å²) in [7, 11) is -2.89. The van der Waals surface area contributed by atoms with E-state index in [0.29, 0.717) is 38.5 Å². The molecule has 2 aliphatic rings. The molecule has 4 rings (SSSR count). The van der Waals surface area contributed by atoms with E-state index in [2.05, 4.69) is 30.3 Å². The quantitative estimate of drug-likeness (QED) is 0.227. The number of benzene rings is 1. The molecule has 1 aromatic carbocycles. The van der Waals surface area contributed by atoms with Gasteiger partial charge in [-0.25, -0.2) is 18.0 Å². The predicted octanol–water partition coefficient (Wildman–Crippen LogP) is 6.46. The molecule has 2 aliphatic carbocycles. The van der Waals surface area contributed by atoms with Crippen LogP contribution in [-0.2, 0) is 22.5 Å². The number of ether oxygens (including phenoxy) is 1. The van der Waals surface area contributed by atoms with Crippen molar-refractivity contribution in [2.45, 2.75) is 114 Å². The highest BCUT2D eigenvalue weighted by molar-refractivity contribution is 7.84. The van der Waals surface area contributed by atoms with Gasteiger partial charge in [0.1, 0.15) is 12.6 Å². The van der Waals surface area contributed by atoms with Gasteiger partial charge in [0, 0.05) is 39.5 Å². The van der Waals surface area contributed by atoms with Gasteiger partial charge in [0.15, 0.2) is 0 Å². The molecule has 38 heavy (non-hydrogen) atoms. The summed E-state index contributed by atoms with van der Waals surface area (Å²) in [5.74, 6) is -2.08. The second-order valence-electron chi connectivity index (χ2n) is 13.4. The summed E-state index contributed by atoms with van der Waals surface area (Å²) in [4.78, 5) is 5.03. The van der Waals surface area contributed by atoms with Crippen LogP contribution in [0.1, 0.15) is 82.1 Å². The molecule has 0 bridgehead atoms. The van der Waals surface area contributed by atoms with E-state index in [1.165, 1.54) is 0 Å². The summed E-state index contributed by atoms with van der Waals surface area (Å²) >= 11 is 0. The second kappa shape index (κ2) is 11.3. The van der Waals surface area contributed by atoms with Gasteiger partial charge in [-0.05, 0) is 81.5 Å². The number of fused-ring (bicyclic) bond motifs is 1. The molecule has 2 saturated carbocycles. The maximum absolute atomic E-state index is 14.7.